The summed E-state index contributed by atoms with van der Waals surface area (Å²) >= 11 is 6.18. The molecule has 0 saturated carbocycles. The molecule has 0 bridgehead atoms. The van der Waals surface area contributed by atoms with Crippen LogP contribution in [0.4, 0.5) is 14.5 Å². The monoisotopic (exact) mass is 392 g/mol. The van der Waals surface area contributed by atoms with Crippen molar-refractivity contribution in [1.29, 1.82) is 0 Å². The highest BCUT2D eigenvalue weighted by Crippen LogP contribution is 2.46. The zero-order valence-electron chi connectivity index (χ0n) is 13.8. The van der Waals surface area contributed by atoms with Gasteiger partial charge < -0.3 is 19.2 Å². The standard InChI is InChI=1S/C18H11ClF2N2O4/c1-9-16(25-8-22-9)17(24)23-11-4-2-10(3-5-11)12-6-14-15(7-13(12)19)27-18(20,21)26-14/h2-8H,1H3,(H,23,24). The largest absolute Gasteiger partial charge is 0.586 e. The molecule has 9 heteroatoms. The van der Waals surface area contributed by atoms with Crippen molar-refractivity contribution in [3.63, 3.8) is 0 Å². The fraction of sp³-hybridized carbons (Fsp3) is 0.111. The van der Waals surface area contributed by atoms with E-state index in [0.29, 0.717) is 22.5 Å². The maximum Gasteiger partial charge on any atom is 0.586 e. The van der Waals surface area contributed by atoms with Crippen LogP contribution in [-0.2, 0) is 0 Å². The molecule has 0 fully saturated rings. The normalized spacial score (nSPS) is 14.2. The van der Waals surface area contributed by atoms with Crippen LogP contribution in [0.3, 0.4) is 0 Å². The molecule has 0 unspecified atom stereocenters. The molecule has 27 heavy (non-hydrogen) atoms. The number of ether oxygens (including phenoxy) is 2. The van der Waals surface area contributed by atoms with Crippen LogP contribution in [0.5, 0.6) is 11.5 Å². The summed E-state index contributed by atoms with van der Waals surface area (Å²) in [4.78, 5) is 16.0. The van der Waals surface area contributed by atoms with E-state index in [4.69, 9.17) is 16.0 Å². The molecule has 3 aromatic rings. The third kappa shape index (κ3) is 3.31. The van der Waals surface area contributed by atoms with Crippen molar-refractivity contribution in [2.75, 3.05) is 5.32 Å². The van der Waals surface area contributed by atoms with Crippen molar-refractivity contribution in [2.24, 2.45) is 0 Å². The van der Waals surface area contributed by atoms with Crippen LogP contribution in [0.1, 0.15) is 16.2 Å². The number of amides is 1. The summed E-state index contributed by atoms with van der Waals surface area (Å²) in [5.41, 5.74) is 2.13. The van der Waals surface area contributed by atoms with Crippen molar-refractivity contribution >= 4 is 23.2 Å². The van der Waals surface area contributed by atoms with Gasteiger partial charge in [-0.1, -0.05) is 23.7 Å². The molecule has 138 valence electrons. The lowest BCUT2D eigenvalue weighted by Gasteiger charge is -2.08. The first-order valence-corrected chi connectivity index (χ1v) is 8.11. The highest BCUT2D eigenvalue weighted by molar-refractivity contribution is 6.33. The number of carbonyl (C=O) groups is 1. The summed E-state index contributed by atoms with van der Waals surface area (Å²) in [5, 5.41) is 2.91. The Morgan fingerprint density at radius 2 is 1.81 bits per heavy atom. The van der Waals surface area contributed by atoms with Crippen molar-refractivity contribution in [1.82, 2.24) is 4.98 Å². The molecule has 1 N–H and O–H groups in total. The molecule has 2 heterocycles. The van der Waals surface area contributed by atoms with E-state index in [1.807, 2.05) is 0 Å². The van der Waals surface area contributed by atoms with Gasteiger partial charge in [-0.15, -0.1) is 8.78 Å². The van der Waals surface area contributed by atoms with Crippen molar-refractivity contribution in [2.45, 2.75) is 13.2 Å². The van der Waals surface area contributed by atoms with Gasteiger partial charge in [0.1, 0.15) is 0 Å². The number of anilines is 1. The van der Waals surface area contributed by atoms with Crippen LogP contribution in [0.15, 0.2) is 47.2 Å². The third-order valence-electron chi connectivity index (χ3n) is 3.90. The van der Waals surface area contributed by atoms with Crippen LogP contribution in [0.2, 0.25) is 5.02 Å². The average molecular weight is 393 g/mol. The molecule has 0 spiro atoms. The number of aryl methyl sites for hydroxylation is 1. The van der Waals surface area contributed by atoms with E-state index in [0.717, 1.165) is 0 Å². The molecule has 1 aliphatic rings. The fourth-order valence-electron chi connectivity index (χ4n) is 2.63. The lowest BCUT2D eigenvalue weighted by molar-refractivity contribution is -0.286. The van der Waals surface area contributed by atoms with E-state index < -0.39 is 12.2 Å². The van der Waals surface area contributed by atoms with Gasteiger partial charge in [0, 0.05) is 17.3 Å². The quantitative estimate of drug-likeness (QED) is 0.687. The number of aromatic nitrogens is 1. The summed E-state index contributed by atoms with van der Waals surface area (Å²) < 4.78 is 40.2. The molecular weight excluding hydrogens is 382 g/mol. The number of halogens is 3. The summed E-state index contributed by atoms with van der Waals surface area (Å²) in [6.45, 7) is 1.66. The molecule has 1 aliphatic heterocycles. The number of alkyl halides is 2. The number of nitrogens with one attached hydrogen (secondary N) is 1. The van der Waals surface area contributed by atoms with E-state index in [2.05, 4.69) is 19.8 Å². The Balaban J connectivity index is 1.57. The zero-order chi connectivity index (χ0) is 19.2. The number of rotatable bonds is 3. The van der Waals surface area contributed by atoms with Gasteiger partial charge >= 0.3 is 6.29 Å². The minimum Gasteiger partial charge on any atom is -0.438 e. The molecule has 0 atom stereocenters. The van der Waals surface area contributed by atoms with Gasteiger partial charge in [0.2, 0.25) is 5.76 Å². The van der Waals surface area contributed by atoms with Crippen molar-refractivity contribution in [3.05, 3.63) is 59.3 Å². The average Bonchev–Trinajstić information content (AvgIpc) is 3.16. The first-order chi connectivity index (χ1) is 12.8. The molecular formula is C18H11ClF2N2O4. The minimum absolute atomic E-state index is 0.0995. The lowest BCUT2D eigenvalue weighted by atomic mass is 10.0. The van der Waals surface area contributed by atoms with Gasteiger partial charge in [0.05, 0.1) is 10.7 Å². The Morgan fingerprint density at radius 3 is 2.44 bits per heavy atom. The Hall–Kier alpha value is -3.13. The maximum absolute atomic E-state index is 13.2. The fourth-order valence-corrected chi connectivity index (χ4v) is 2.90. The van der Waals surface area contributed by atoms with Crippen molar-refractivity contribution in [3.8, 4) is 22.6 Å². The second-order valence-electron chi connectivity index (χ2n) is 5.74. The van der Waals surface area contributed by atoms with Gasteiger partial charge in [0.25, 0.3) is 5.91 Å². The number of hydrogen-bond donors (Lipinski definition) is 1. The molecule has 0 saturated heterocycles. The lowest BCUT2D eigenvalue weighted by Crippen LogP contribution is -2.25. The predicted octanol–water partition coefficient (Wildman–Crippen LogP) is 4.88. The van der Waals surface area contributed by atoms with E-state index >= 15 is 0 Å². The molecule has 1 aromatic heterocycles. The van der Waals surface area contributed by atoms with Crippen LogP contribution in [0, 0.1) is 6.92 Å². The smallest absolute Gasteiger partial charge is 0.438 e. The molecule has 0 aliphatic carbocycles. The van der Waals surface area contributed by atoms with Gasteiger partial charge in [-0.3, -0.25) is 4.79 Å². The van der Waals surface area contributed by atoms with Crippen molar-refractivity contribution < 1.29 is 27.5 Å². The van der Waals surface area contributed by atoms with E-state index in [1.54, 1.807) is 31.2 Å². The molecule has 4 rings (SSSR count). The molecule has 6 nitrogen and oxygen atoms in total. The van der Waals surface area contributed by atoms with Crippen LogP contribution in [0.25, 0.3) is 11.1 Å². The Bertz CT molecular complexity index is 1030. The highest BCUT2D eigenvalue weighted by Gasteiger charge is 2.43. The summed E-state index contributed by atoms with van der Waals surface area (Å²) in [6.07, 6.45) is -2.52. The van der Waals surface area contributed by atoms with Gasteiger partial charge in [-0.05, 0) is 30.7 Å². The summed E-state index contributed by atoms with van der Waals surface area (Å²) in [5.74, 6) is -0.530. The SMILES string of the molecule is Cc1ncoc1C(=O)Nc1ccc(-c2cc3c(cc2Cl)OC(F)(F)O3)cc1. The van der Waals surface area contributed by atoms with Crippen LogP contribution in [-0.4, -0.2) is 17.2 Å². The van der Waals surface area contributed by atoms with Gasteiger partial charge in [0.15, 0.2) is 17.9 Å². The number of hydrogen-bond acceptors (Lipinski definition) is 5. The Kier molecular flexibility index (Phi) is 4.00. The highest BCUT2D eigenvalue weighted by atomic mass is 35.5. The third-order valence-corrected chi connectivity index (χ3v) is 4.21. The van der Waals surface area contributed by atoms with Gasteiger partial charge in [-0.2, -0.15) is 0 Å². The Labute approximate surface area is 156 Å². The molecule has 0 radical (unpaired) electrons. The second-order valence-corrected chi connectivity index (χ2v) is 6.15. The van der Waals surface area contributed by atoms with Crippen LogP contribution < -0.4 is 14.8 Å². The number of benzene rings is 2. The predicted molar refractivity (Wildman–Crippen MR) is 92.3 cm³/mol. The maximum atomic E-state index is 13.2. The molecule has 1 amide bonds. The molecule has 2 aromatic carbocycles. The first-order valence-electron chi connectivity index (χ1n) is 7.74. The number of fused-ring (bicyclic) bond motifs is 1. The number of nitrogens with zero attached hydrogens (tertiary/aromatic N) is 1. The van der Waals surface area contributed by atoms with E-state index in [9.17, 15) is 13.6 Å². The minimum atomic E-state index is -3.71. The summed E-state index contributed by atoms with van der Waals surface area (Å²) in [6, 6.07) is 9.32. The zero-order valence-corrected chi connectivity index (χ0v) is 14.5. The van der Waals surface area contributed by atoms with Crippen LogP contribution >= 0.6 is 11.6 Å². The Morgan fingerprint density at radius 1 is 1.15 bits per heavy atom. The summed E-state index contributed by atoms with van der Waals surface area (Å²) in [7, 11) is 0. The first kappa shape index (κ1) is 17.3. The number of carbonyl (C=O) groups excluding carboxylic acids is 1. The van der Waals surface area contributed by atoms with E-state index in [1.165, 1.54) is 18.5 Å². The van der Waals surface area contributed by atoms with Gasteiger partial charge in [-0.25, -0.2) is 4.98 Å². The van der Waals surface area contributed by atoms with E-state index in [-0.39, 0.29) is 22.3 Å². The topological polar surface area (TPSA) is 73.6 Å². The second kappa shape index (κ2) is 6.24. The number of oxazole rings is 1.